The molecule has 1 spiro atoms. The minimum atomic E-state index is -1.45. The van der Waals surface area contributed by atoms with Gasteiger partial charge in [-0.15, -0.1) is 0 Å². The Kier molecular flexibility index (Phi) is 4.70. The van der Waals surface area contributed by atoms with Crippen molar-refractivity contribution in [2.75, 3.05) is 18.6 Å². The van der Waals surface area contributed by atoms with Gasteiger partial charge in [-0.25, -0.2) is 4.79 Å². The smallest absolute Gasteiger partial charge is 0.328 e. The maximum absolute atomic E-state index is 13.2. The van der Waals surface area contributed by atoms with Gasteiger partial charge in [-0.1, -0.05) is 30.3 Å². The van der Waals surface area contributed by atoms with Crippen molar-refractivity contribution in [2.45, 2.75) is 38.5 Å². The lowest BCUT2D eigenvalue weighted by Gasteiger charge is -2.55. The standard InChI is InChI=1S/C24H25N3O5/c1-13-12-27-18-10-15(17-6-4-5-7-19(17)31-3)8-9-16(18)11-24(20(27)14(2)32-13)21(28)25-23(30)26-22(24)29/h4-10,13-14,20H,11-12H2,1-3H3,(H2,25,26,28,29,30)/t13-,14+,20-/m1/s1. The van der Waals surface area contributed by atoms with E-state index in [4.69, 9.17) is 9.47 Å². The van der Waals surface area contributed by atoms with Crippen molar-refractivity contribution in [1.29, 1.82) is 0 Å². The van der Waals surface area contributed by atoms with Crippen LogP contribution in [0.3, 0.4) is 0 Å². The largest absolute Gasteiger partial charge is 0.496 e. The molecule has 2 N–H and O–H groups in total. The maximum atomic E-state index is 13.2. The first-order chi connectivity index (χ1) is 15.3. The Morgan fingerprint density at radius 2 is 1.78 bits per heavy atom. The molecule has 0 bridgehead atoms. The van der Waals surface area contributed by atoms with Crippen molar-refractivity contribution in [1.82, 2.24) is 10.6 Å². The van der Waals surface area contributed by atoms with Gasteiger partial charge in [0.2, 0.25) is 11.8 Å². The molecule has 2 aromatic rings. The number of benzene rings is 2. The number of anilines is 1. The van der Waals surface area contributed by atoms with Crippen LogP contribution in [0.25, 0.3) is 11.1 Å². The molecule has 2 aromatic carbocycles. The van der Waals surface area contributed by atoms with Crippen LogP contribution in [0.2, 0.25) is 0 Å². The predicted octanol–water partition coefficient (Wildman–Crippen LogP) is 2.25. The summed E-state index contributed by atoms with van der Waals surface area (Å²) in [5.74, 6) is -0.388. The molecular formula is C24H25N3O5. The van der Waals surface area contributed by atoms with Gasteiger partial charge in [0, 0.05) is 17.8 Å². The predicted molar refractivity (Wildman–Crippen MR) is 117 cm³/mol. The minimum absolute atomic E-state index is 0.0875. The van der Waals surface area contributed by atoms with Gasteiger partial charge in [0.25, 0.3) is 0 Å². The second-order valence-electron chi connectivity index (χ2n) is 8.68. The van der Waals surface area contributed by atoms with Crippen LogP contribution in [-0.4, -0.2) is 49.7 Å². The first-order valence-electron chi connectivity index (χ1n) is 10.7. The Morgan fingerprint density at radius 3 is 2.50 bits per heavy atom. The van der Waals surface area contributed by atoms with E-state index in [0.717, 1.165) is 28.1 Å². The highest BCUT2D eigenvalue weighted by molar-refractivity contribution is 6.20. The molecule has 0 unspecified atom stereocenters. The first-order valence-corrected chi connectivity index (χ1v) is 10.7. The third-order valence-corrected chi connectivity index (χ3v) is 6.73. The van der Waals surface area contributed by atoms with E-state index in [2.05, 4.69) is 21.6 Å². The van der Waals surface area contributed by atoms with E-state index in [0.29, 0.717) is 6.54 Å². The minimum Gasteiger partial charge on any atom is -0.496 e. The number of carbonyl (C=O) groups excluding carboxylic acids is 3. The second kappa shape index (κ2) is 7.34. The van der Waals surface area contributed by atoms with Gasteiger partial charge in [0.1, 0.15) is 5.75 Å². The van der Waals surface area contributed by atoms with Crippen LogP contribution < -0.4 is 20.3 Å². The SMILES string of the molecule is COc1ccccc1-c1ccc2c(c1)N1C[C@@H](C)O[C@@H](C)[C@@H]1C1(C2)C(=O)NC(=O)NC1=O. The summed E-state index contributed by atoms with van der Waals surface area (Å²) in [6.07, 6.45) is -0.301. The molecule has 5 rings (SSSR count). The molecular weight excluding hydrogens is 410 g/mol. The van der Waals surface area contributed by atoms with E-state index in [1.54, 1.807) is 7.11 Å². The number of methoxy groups -OCH3 is 1. The van der Waals surface area contributed by atoms with Crippen LogP contribution in [0.4, 0.5) is 10.5 Å². The third kappa shape index (κ3) is 2.90. The summed E-state index contributed by atoms with van der Waals surface area (Å²) in [5.41, 5.74) is 2.33. The molecule has 0 saturated carbocycles. The van der Waals surface area contributed by atoms with Gasteiger partial charge in [-0.2, -0.15) is 0 Å². The van der Waals surface area contributed by atoms with Gasteiger partial charge in [0.15, 0.2) is 5.41 Å². The fraction of sp³-hybridized carbons (Fsp3) is 0.375. The molecule has 32 heavy (non-hydrogen) atoms. The number of para-hydroxylation sites is 1. The number of amides is 4. The number of morpholine rings is 1. The van der Waals surface area contributed by atoms with Crippen molar-refractivity contribution < 1.29 is 23.9 Å². The number of ether oxygens (including phenoxy) is 2. The summed E-state index contributed by atoms with van der Waals surface area (Å²) in [5, 5.41) is 4.62. The molecule has 3 heterocycles. The molecule has 2 fully saturated rings. The summed E-state index contributed by atoms with van der Waals surface area (Å²) in [6.45, 7) is 4.37. The number of hydrogen-bond acceptors (Lipinski definition) is 6. The lowest BCUT2D eigenvalue weighted by molar-refractivity contribution is -0.153. The molecule has 2 saturated heterocycles. The molecule has 3 aliphatic rings. The lowest BCUT2D eigenvalue weighted by atomic mass is 9.66. The summed E-state index contributed by atoms with van der Waals surface area (Å²) >= 11 is 0. The zero-order valence-electron chi connectivity index (χ0n) is 18.2. The zero-order valence-corrected chi connectivity index (χ0v) is 18.2. The van der Waals surface area contributed by atoms with E-state index < -0.39 is 35.4 Å². The van der Waals surface area contributed by atoms with Crippen molar-refractivity contribution in [3.8, 4) is 16.9 Å². The second-order valence-corrected chi connectivity index (χ2v) is 8.68. The van der Waals surface area contributed by atoms with Crippen LogP contribution in [0.15, 0.2) is 42.5 Å². The van der Waals surface area contributed by atoms with Gasteiger partial charge < -0.3 is 14.4 Å². The molecule has 8 heteroatoms. The molecule has 3 atom stereocenters. The number of imide groups is 2. The van der Waals surface area contributed by atoms with E-state index in [1.807, 2.05) is 50.2 Å². The molecule has 166 valence electrons. The van der Waals surface area contributed by atoms with Gasteiger partial charge in [0.05, 0.1) is 25.4 Å². The highest BCUT2D eigenvalue weighted by Crippen LogP contribution is 2.48. The summed E-state index contributed by atoms with van der Waals surface area (Å²) in [6, 6.07) is 12.5. The van der Waals surface area contributed by atoms with Gasteiger partial charge in [-0.05, 0) is 43.5 Å². The number of hydrogen-bond donors (Lipinski definition) is 2. The Hall–Kier alpha value is -3.39. The topological polar surface area (TPSA) is 97.0 Å². The quantitative estimate of drug-likeness (QED) is 0.703. The number of rotatable bonds is 2. The molecule has 0 aromatic heterocycles. The Bertz CT molecular complexity index is 1110. The van der Waals surface area contributed by atoms with E-state index in [9.17, 15) is 14.4 Å². The molecule has 8 nitrogen and oxygen atoms in total. The van der Waals surface area contributed by atoms with Crippen molar-refractivity contribution in [3.63, 3.8) is 0 Å². The number of carbonyl (C=O) groups is 3. The third-order valence-electron chi connectivity index (χ3n) is 6.73. The van der Waals surface area contributed by atoms with E-state index in [-0.39, 0.29) is 12.5 Å². The van der Waals surface area contributed by atoms with E-state index in [1.165, 1.54) is 0 Å². The molecule has 4 amide bonds. The van der Waals surface area contributed by atoms with Gasteiger partial charge >= 0.3 is 6.03 Å². The van der Waals surface area contributed by atoms with Crippen molar-refractivity contribution >= 4 is 23.5 Å². The lowest BCUT2D eigenvalue weighted by Crippen LogP contribution is -2.75. The molecule has 3 aliphatic heterocycles. The normalized spacial score (nSPS) is 26.2. The fourth-order valence-corrected chi connectivity index (χ4v) is 5.47. The average Bonchev–Trinajstić information content (AvgIpc) is 2.76. The number of urea groups is 1. The summed E-state index contributed by atoms with van der Waals surface area (Å²) in [4.78, 5) is 40.2. The number of fused-ring (bicyclic) bond motifs is 4. The van der Waals surface area contributed by atoms with Crippen molar-refractivity contribution in [2.24, 2.45) is 5.41 Å². The van der Waals surface area contributed by atoms with Crippen LogP contribution >= 0.6 is 0 Å². The molecule has 0 radical (unpaired) electrons. The van der Waals surface area contributed by atoms with E-state index >= 15 is 0 Å². The van der Waals surface area contributed by atoms with Crippen LogP contribution in [-0.2, 0) is 20.7 Å². The summed E-state index contributed by atoms with van der Waals surface area (Å²) < 4.78 is 11.6. The van der Waals surface area contributed by atoms with Crippen LogP contribution in [0, 0.1) is 5.41 Å². The fourth-order valence-electron chi connectivity index (χ4n) is 5.47. The highest BCUT2D eigenvalue weighted by Gasteiger charge is 2.62. The Morgan fingerprint density at radius 1 is 1.06 bits per heavy atom. The zero-order chi connectivity index (χ0) is 22.6. The monoisotopic (exact) mass is 435 g/mol. The average molecular weight is 435 g/mol. The first kappa shape index (κ1) is 20.5. The van der Waals surface area contributed by atoms with Crippen LogP contribution in [0.1, 0.15) is 19.4 Å². The highest BCUT2D eigenvalue weighted by atomic mass is 16.5. The Labute approximate surface area is 185 Å². The number of nitrogens with zero attached hydrogens (tertiary/aromatic N) is 1. The molecule has 0 aliphatic carbocycles. The number of nitrogens with one attached hydrogen (secondary N) is 2. The van der Waals surface area contributed by atoms with Crippen LogP contribution in [0.5, 0.6) is 5.75 Å². The van der Waals surface area contributed by atoms with Gasteiger partial charge in [-0.3, -0.25) is 20.2 Å². The van der Waals surface area contributed by atoms with Crippen molar-refractivity contribution in [3.05, 3.63) is 48.0 Å². The Balaban J connectivity index is 1.67. The number of barbiturate groups is 1. The summed E-state index contributed by atoms with van der Waals surface area (Å²) in [7, 11) is 1.64. The maximum Gasteiger partial charge on any atom is 0.328 e.